The highest BCUT2D eigenvalue weighted by Gasteiger charge is 2.44. The van der Waals surface area contributed by atoms with Gasteiger partial charge < -0.3 is 0 Å². The maximum atomic E-state index is 14.9. The monoisotopic (exact) mass is 342 g/mol. The van der Waals surface area contributed by atoms with E-state index < -0.39 is 23.5 Å². The molecule has 2 aromatic heterocycles. The van der Waals surface area contributed by atoms with Crippen molar-refractivity contribution in [3.05, 3.63) is 64.1 Å². The van der Waals surface area contributed by atoms with E-state index in [1.54, 1.807) is 0 Å². The lowest BCUT2D eigenvalue weighted by atomic mass is 9.91. The highest BCUT2D eigenvalue weighted by Crippen LogP contribution is 2.45. The summed E-state index contributed by atoms with van der Waals surface area (Å²) < 4.78 is 58.0. The summed E-state index contributed by atoms with van der Waals surface area (Å²) in [5.41, 5.74) is -0.291. The molecule has 0 saturated carbocycles. The molecule has 1 atom stereocenters. The summed E-state index contributed by atoms with van der Waals surface area (Å²) >= 11 is 0.867. The molecule has 23 heavy (non-hydrogen) atoms. The lowest BCUT2D eigenvalue weighted by Gasteiger charge is -2.26. The van der Waals surface area contributed by atoms with Gasteiger partial charge in [-0.15, -0.1) is 16.4 Å². The Kier molecular flexibility index (Phi) is 4.12. The van der Waals surface area contributed by atoms with Crippen molar-refractivity contribution in [3.63, 3.8) is 0 Å². The molecule has 0 fully saturated rings. The number of tetrazole rings is 1. The first-order valence-electron chi connectivity index (χ1n) is 6.56. The van der Waals surface area contributed by atoms with Crippen LogP contribution in [0.1, 0.15) is 16.4 Å². The molecule has 9 heteroatoms. The number of nitrogens with zero attached hydrogens (tertiary/aromatic N) is 4. The number of alkyl halides is 2. The quantitative estimate of drug-likeness (QED) is 0.666. The Morgan fingerprint density at radius 2 is 2.04 bits per heavy atom. The van der Waals surface area contributed by atoms with Gasteiger partial charge in [0, 0.05) is 6.07 Å². The smallest absolute Gasteiger partial charge is 0.232 e. The molecule has 0 saturated heterocycles. The summed E-state index contributed by atoms with van der Waals surface area (Å²) in [6, 6.07) is 5.34. The summed E-state index contributed by atoms with van der Waals surface area (Å²) in [5.74, 6) is -6.80. The molecule has 0 bridgehead atoms. The summed E-state index contributed by atoms with van der Waals surface area (Å²) in [5, 5.41) is 11.8. The first kappa shape index (κ1) is 15.6. The van der Waals surface area contributed by atoms with Crippen LogP contribution in [0, 0.1) is 11.6 Å². The summed E-state index contributed by atoms with van der Waals surface area (Å²) in [6.07, 6.45) is 1.17. The lowest BCUT2D eigenvalue weighted by Crippen LogP contribution is -2.28. The fourth-order valence-electron chi connectivity index (χ4n) is 2.28. The highest BCUT2D eigenvalue weighted by molar-refractivity contribution is 7.10. The van der Waals surface area contributed by atoms with Crippen LogP contribution in [0.4, 0.5) is 17.6 Å². The van der Waals surface area contributed by atoms with Gasteiger partial charge in [-0.05, 0) is 33.5 Å². The SMILES string of the molecule is Fc1ccc(C(Cn2cnnn2)C(F)(F)c2cccs2)c(F)c1. The maximum Gasteiger partial charge on any atom is 0.290 e. The van der Waals surface area contributed by atoms with Crippen LogP contribution in [0.5, 0.6) is 0 Å². The fraction of sp³-hybridized carbons (Fsp3) is 0.214. The molecule has 1 unspecified atom stereocenters. The van der Waals surface area contributed by atoms with Gasteiger partial charge in [0.15, 0.2) is 0 Å². The predicted octanol–water partition coefficient (Wildman–Crippen LogP) is 3.59. The molecular weight excluding hydrogens is 332 g/mol. The molecule has 0 amide bonds. The average molecular weight is 342 g/mol. The van der Waals surface area contributed by atoms with Gasteiger partial charge in [-0.25, -0.2) is 13.5 Å². The molecule has 0 spiro atoms. The van der Waals surface area contributed by atoms with E-state index in [0.29, 0.717) is 6.07 Å². The van der Waals surface area contributed by atoms with Crippen molar-refractivity contribution in [2.24, 2.45) is 0 Å². The standard InChI is InChI=1S/C14H10F4N4S/c15-9-3-4-10(12(16)6-9)11(7-22-8-19-20-21-22)14(17,18)13-2-1-5-23-13/h1-6,8,11H,7H2. The third-order valence-corrected chi connectivity index (χ3v) is 4.34. The van der Waals surface area contributed by atoms with Crippen LogP contribution in [0.25, 0.3) is 0 Å². The molecule has 2 heterocycles. The van der Waals surface area contributed by atoms with E-state index in [4.69, 9.17) is 0 Å². The third kappa shape index (κ3) is 3.09. The van der Waals surface area contributed by atoms with Gasteiger partial charge in [0.05, 0.1) is 17.3 Å². The van der Waals surface area contributed by atoms with Crippen molar-refractivity contribution in [1.29, 1.82) is 0 Å². The molecule has 120 valence electrons. The molecule has 3 aromatic rings. The second kappa shape index (κ2) is 6.07. The average Bonchev–Trinajstić information content (AvgIpc) is 3.19. The molecule has 0 aliphatic heterocycles. The van der Waals surface area contributed by atoms with Gasteiger partial charge >= 0.3 is 0 Å². The Morgan fingerprint density at radius 3 is 2.65 bits per heavy atom. The zero-order valence-corrected chi connectivity index (χ0v) is 12.4. The third-order valence-electron chi connectivity index (χ3n) is 3.39. The van der Waals surface area contributed by atoms with Gasteiger partial charge in [-0.1, -0.05) is 12.1 Å². The molecule has 0 N–H and O–H groups in total. The number of halogens is 4. The zero-order chi connectivity index (χ0) is 16.4. The molecule has 3 rings (SSSR count). The first-order valence-corrected chi connectivity index (χ1v) is 7.44. The maximum absolute atomic E-state index is 14.9. The summed E-state index contributed by atoms with van der Waals surface area (Å²) in [4.78, 5) is -0.209. The Bertz CT molecular complexity index is 774. The Hall–Kier alpha value is -2.29. The van der Waals surface area contributed by atoms with E-state index in [1.165, 1.54) is 23.8 Å². The van der Waals surface area contributed by atoms with Crippen LogP contribution in [0.3, 0.4) is 0 Å². The molecular formula is C14H10F4N4S. The van der Waals surface area contributed by atoms with Crippen LogP contribution < -0.4 is 0 Å². The predicted molar refractivity (Wildman–Crippen MR) is 75.1 cm³/mol. The molecule has 1 aromatic carbocycles. The molecule has 4 nitrogen and oxygen atoms in total. The lowest BCUT2D eigenvalue weighted by molar-refractivity contribution is -0.0378. The number of thiophene rings is 1. The van der Waals surface area contributed by atoms with Crippen LogP contribution >= 0.6 is 11.3 Å². The largest absolute Gasteiger partial charge is 0.290 e. The number of hydrogen-bond acceptors (Lipinski definition) is 4. The van der Waals surface area contributed by atoms with Crippen molar-refractivity contribution < 1.29 is 17.6 Å². The van der Waals surface area contributed by atoms with Crippen molar-refractivity contribution in [1.82, 2.24) is 20.2 Å². The number of aromatic nitrogens is 4. The van der Waals surface area contributed by atoms with Crippen LogP contribution in [0.15, 0.2) is 42.0 Å². The van der Waals surface area contributed by atoms with Crippen molar-refractivity contribution in [2.75, 3.05) is 0 Å². The second-order valence-corrected chi connectivity index (χ2v) is 5.80. The van der Waals surface area contributed by atoms with Crippen LogP contribution in [-0.4, -0.2) is 20.2 Å². The van der Waals surface area contributed by atoms with Crippen LogP contribution in [0.2, 0.25) is 0 Å². The van der Waals surface area contributed by atoms with Gasteiger partial charge in [0.1, 0.15) is 18.0 Å². The molecule has 0 aliphatic rings. The number of hydrogen-bond donors (Lipinski definition) is 0. The van der Waals surface area contributed by atoms with Gasteiger partial charge in [-0.3, -0.25) is 0 Å². The minimum absolute atomic E-state index is 0.209. The first-order chi connectivity index (χ1) is 11.0. The Labute approximate surface area is 132 Å². The van der Waals surface area contributed by atoms with Crippen molar-refractivity contribution in [2.45, 2.75) is 18.4 Å². The van der Waals surface area contributed by atoms with Gasteiger partial charge in [0.25, 0.3) is 5.92 Å². The van der Waals surface area contributed by atoms with Crippen molar-refractivity contribution in [3.8, 4) is 0 Å². The van der Waals surface area contributed by atoms with E-state index in [0.717, 1.165) is 28.2 Å². The molecule has 0 aliphatic carbocycles. The van der Waals surface area contributed by atoms with E-state index in [1.807, 2.05) is 0 Å². The number of rotatable bonds is 5. The summed E-state index contributed by atoms with van der Waals surface area (Å²) in [6.45, 7) is -0.347. The van der Waals surface area contributed by atoms with Crippen molar-refractivity contribution >= 4 is 11.3 Å². The topological polar surface area (TPSA) is 43.6 Å². The van der Waals surface area contributed by atoms with Gasteiger partial charge in [-0.2, -0.15) is 8.78 Å². The number of benzene rings is 1. The van der Waals surface area contributed by atoms with Gasteiger partial charge in [0.2, 0.25) is 0 Å². The van der Waals surface area contributed by atoms with Crippen LogP contribution in [-0.2, 0) is 12.5 Å². The zero-order valence-electron chi connectivity index (χ0n) is 11.5. The molecule has 0 radical (unpaired) electrons. The Morgan fingerprint density at radius 1 is 1.22 bits per heavy atom. The van der Waals surface area contributed by atoms with E-state index in [9.17, 15) is 17.6 Å². The van der Waals surface area contributed by atoms with E-state index in [2.05, 4.69) is 15.5 Å². The highest BCUT2D eigenvalue weighted by atomic mass is 32.1. The summed E-state index contributed by atoms with van der Waals surface area (Å²) in [7, 11) is 0. The van der Waals surface area contributed by atoms with E-state index in [-0.39, 0.29) is 17.0 Å². The minimum Gasteiger partial charge on any atom is -0.232 e. The Balaban J connectivity index is 2.06. The normalized spacial score (nSPS) is 13.2. The second-order valence-electron chi connectivity index (χ2n) is 4.85. The minimum atomic E-state index is -3.36. The van der Waals surface area contributed by atoms with E-state index >= 15 is 0 Å². The fourth-order valence-corrected chi connectivity index (χ4v) is 3.04.